The molecular formula is C20H26O3. The summed E-state index contributed by atoms with van der Waals surface area (Å²) in [6.45, 7) is 5.69. The van der Waals surface area contributed by atoms with Gasteiger partial charge in [0.2, 0.25) is 0 Å². The molecule has 0 spiro atoms. The van der Waals surface area contributed by atoms with Crippen LogP contribution in [0.1, 0.15) is 57.1 Å². The molecule has 0 saturated carbocycles. The SMILES string of the molecule is CC(C)(C)OC(=O)CC[C@@H](CCc1ccccc1)c1ccoc1. The number of benzene rings is 1. The zero-order valence-electron chi connectivity index (χ0n) is 14.2. The summed E-state index contributed by atoms with van der Waals surface area (Å²) in [5.41, 5.74) is 2.05. The third-order valence-corrected chi connectivity index (χ3v) is 3.76. The van der Waals surface area contributed by atoms with E-state index in [1.54, 1.807) is 12.5 Å². The van der Waals surface area contributed by atoms with E-state index in [9.17, 15) is 4.79 Å². The van der Waals surface area contributed by atoms with Gasteiger partial charge in [0, 0.05) is 6.42 Å². The minimum Gasteiger partial charge on any atom is -0.472 e. The Hall–Kier alpha value is -2.03. The van der Waals surface area contributed by atoms with Crippen LogP contribution in [0.3, 0.4) is 0 Å². The fourth-order valence-electron chi connectivity index (χ4n) is 2.66. The molecular weight excluding hydrogens is 288 g/mol. The monoisotopic (exact) mass is 314 g/mol. The summed E-state index contributed by atoms with van der Waals surface area (Å²) in [7, 11) is 0. The van der Waals surface area contributed by atoms with Crippen LogP contribution in [-0.4, -0.2) is 11.6 Å². The van der Waals surface area contributed by atoms with Crippen molar-refractivity contribution in [3.63, 3.8) is 0 Å². The lowest BCUT2D eigenvalue weighted by Crippen LogP contribution is -2.24. The molecule has 124 valence electrons. The molecule has 0 saturated heterocycles. The average molecular weight is 314 g/mol. The highest BCUT2D eigenvalue weighted by Crippen LogP contribution is 2.27. The molecule has 0 bridgehead atoms. The highest BCUT2D eigenvalue weighted by atomic mass is 16.6. The van der Waals surface area contributed by atoms with Crippen molar-refractivity contribution in [2.45, 2.75) is 58.0 Å². The summed E-state index contributed by atoms with van der Waals surface area (Å²) < 4.78 is 10.6. The molecule has 0 amide bonds. The van der Waals surface area contributed by atoms with Crippen molar-refractivity contribution in [3.8, 4) is 0 Å². The maximum atomic E-state index is 12.0. The molecule has 0 aliphatic carbocycles. The molecule has 2 aromatic rings. The summed E-state index contributed by atoms with van der Waals surface area (Å²) in [6.07, 6.45) is 6.67. The van der Waals surface area contributed by atoms with Crippen LogP contribution < -0.4 is 0 Å². The highest BCUT2D eigenvalue weighted by Gasteiger charge is 2.19. The minimum absolute atomic E-state index is 0.134. The van der Waals surface area contributed by atoms with E-state index in [0.29, 0.717) is 12.3 Å². The van der Waals surface area contributed by atoms with Crippen LogP contribution in [0.25, 0.3) is 0 Å². The number of hydrogen-bond acceptors (Lipinski definition) is 3. The van der Waals surface area contributed by atoms with E-state index in [1.807, 2.05) is 32.9 Å². The Labute approximate surface area is 138 Å². The number of carbonyl (C=O) groups is 1. The Bertz CT molecular complexity index is 579. The van der Waals surface area contributed by atoms with Crippen molar-refractivity contribution in [1.82, 2.24) is 0 Å². The minimum atomic E-state index is -0.424. The zero-order valence-corrected chi connectivity index (χ0v) is 14.2. The Morgan fingerprint density at radius 3 is 2.48 bits per heavy atom. The second-order valence-corrected chi connectivity index (χ2v) is 6.90. The van der Waals surface area contributed by atoms with Gasteiger partial charge in [-0.25, -0.2) is 0 Å². The second-order valence-electron chi connectivity index (χ2n) is 6.90. The van der Waals surface area contributed by atoms with Gasteiger partial charge in [-0.15, -0.1) is 0 Å². The van der Waals surface area contributed by atoms with E-state index in [4.69, 9.17) is 9.15 Å². The van der Waals surface area contributed by atoms with Crippen LogP contribution in [0.15, 0.2) is 53.3 Å². The van der Waals surface area contributed by atoms with Gasteiger partial charge in [0.1, 0.15) is 5.60 Å². The molecule has 2 rings (SSSR count). The quantitative estimate of drug-likeness (QED) is 0.666. The van der Waals surface area contributed by atoms with Gasteiger partial charge in [-0.1, -0.05) is 30.3 Å². The molecule has 3 nitrogen and oxygen atoms in total. The van der Waals surface area contributed by atoms with Gasteiger partial charge in [-0.05, 0) is 63.1 Å². The molecule has 0 radical (unpaired) electrons. The second kappa shape index (κ2) is 8.00. The van der Waals surface area contributed by atoms with Crippen molar-refractivity contribution in [2.75, 3.05) is 0 Å². The molecule has 0 aliphatic rings. The van der Waals surface area contributed by atoms with Gasteiger partial charge in [-0.3, -0.25) is 4.79 Å². The number of hydrogen-bond donors (Lipinski definition) is 0. The molecule has 0 fully saturated rings. The van der Waals surface area contributed by atoms with Crippen LogP contribution in [0.4, 0.5) is 0 Å². The topological polar surface area (TPSA) is 39.4 Å². The Morgan fingerprint density at radius 1 is 1.13 bits per heavy atom. The van der Waals surface area contributed by atoms with Gasteiger partial charge < -0.3 is 9.15 Å². The van der Waals surface area contributed by atoms with Crippen LogP contribution in [0, 0.1) is 0 Å². The maximum Gasteiger partial charge on any atom is 0.306 e. The van der Waals surface area contributed by atoms with Crippen molar-refractivity contribution >= 4 is 5.97 Å². The molecule has 0 aliphatic heterocycles. The standard InChI is InChI=1S/C20H26O3/c1-20(2,3)23-19(21)12-11-17(18-13-14-22-15-18)10-9-16-7-5-4-6-8-16/h4-8,13-15,17H,9-12H2,1-3H3/t17-/m1/s1. The molecule has 1 aromatic heterocycles. The van der Waals surface area contributed by atoms with E-state index < -0.39 is 5.60 Å². The Kier molecular flexibility index (Phi) is 6.03. The van der Waals surface area contributed by atoms with Crippen LogP contribution in [0.2, 0.25) is 0 Å². The lowest BCUT2D eigenvalue weighted by molar-refractivity contribution is -0.155. The molecule has 1 heterocycles. The number of furan rings is 1. The Balaban J connectivity index is 1.92. The predicted molar refractivity (Wildman–Crippen MR) is 91.3 cm³/mol. The van der Waals surface area contributed by atoms with E-state index in [-0.39, 0.29) is 5.97 Å². The summed E-state index contributed by atoms with van der Waals surface area (Å²) in [5, 5.41) is 0. The molecule has 0 N–H and O–H groups in total. The first-order valence-corrected chi connectivity index (χ1v) is 8.22. The lowest BCUT2D eigenvalue weighted by Gasteiger charge is -2.21. The first-order chi connectivity index (χ1) is 10.9. The van der Waals surface area contributed by atoms with Gasteiger partial charge in [0.15, 0.2) is 0 Å². The number of aryl methyl sites for hydroxylation is 1. The van der Waals surface area contributed by atoms with Crippen LogP contribution in [-0.2, 0) is 16.0 Å². The smallest absolute Gasteiger partial charge is 0.306 e. The van der Waals surface area contributed by atoms with Gasteiger partial charge in [-0.2, -0.15) is 0 Å². The van der Waals surface area contributed by atoms with Gasteiger partial charge in [0.05, 0.1) is 12.5 Å². The van der Waals surface area contributed by atoms with E-state index >= 15 is 0 Å². The third-order valence-electron chi connectivity index (χ3n) is 3.76. The van der Waals surface area contributed by atoms with Crippen molar-refractivity contribution in [3.05, 3.63) is 60.1 Å². The largest absolute Gasteiger partial charge is 0.472 e. The summed E-state index contributed by atoms with van der Waals surface area (Å²) >= 11 is 0. The number of esters is 1. The maximum absolute atomic E-state index is 12.0. The normalized spacial score (nSPS) is 12.8. The molecule has 1 atom stereocenters. The highest BCUT2D eigenvalue weighted by molar-refractivity contribution is 5.69. The van der Waals surface area contributed by atoms with Crippen LogP contribution >= 0.6 is 0 Å². The first-order valence-electron chi connectivity index (χ1n) is 8.22. The zero-order chi connectivity index (χ0) is 16.7. The van der Waals surface area contributed by atoms with Crippen molar-refractivity contribution in [2.24, 2.45) is 0 Å². The molecule has 1 aromatic carbocycles. The molecule has 0 unspecified atom stereocenters. The number of ether oxygens (including phenoxy) is 1. The van der Waals surface area contributed by atoms with E-state index in [0.717, 1.165) is 24.8 Å². The molecule has 3 heteroatoms. The fourth-order valence-corrected chi connectivity index (χ4v) is 2.66. The average Bonchev–Trinajstić information content (AvgIpc) is 3.00. The summed E-state index contributed by atoms with van der Waals surface area (Å²) in [4.78, 5) is 12.0. The third kappa shape index (κ3) is 6.31. The molecule has 23 heavy (non-hydrogen) atoms. The van der Waals surface area contributed by atoms with Crippen molar-refractivity contribution < 1.29 is 13.9 Å². The summed E-state index contributed by atoms with van der Waals surface area (Å²) in [5.74, 6) is 0.173. The summed E-state index contributed by atoms with van der Waals surface area (Å²) in [6, 6.07) is 12.4. The number of carbonyl (C=O) groups excluding carboxylic acids is 1. The van der Waals surface area contributed by atoms with Crippen LogP contribution in [0.5, 0.6) is 0 Å². The fraction of sp³-hybridized carbons (Fsp3) is 0.450. The van der Waals surface area contributed by atoms with Crippen molar-refractivity contribution in [1.29, 1.82) is 0 Å². The first kappa shape index (κ1) is 17.3. The van der Waals surface area contributed by atoms with Gasteiger partial charge >= 0.3 is 5.97 Å². The Morgan fingerprint density at radius 2 is 1.87 bits per heavy atom. The number of rotatable bonds is 7. The van der Waals surface area contributed by atoms with E-state index in [2.05, 4.69) is 24.3 Å². The van der Waals surface area contributed by atoms with Gasteiger partial charge in [0.25, 0.3) is 0 Å². The lowest BCUT2D eigenvalue weighted by atomic mass is 9.90. The predicted octanol–water partition coefficient (Wildman–Crippen LogP) is 5.12. The van der Waals surface area contributed by atoms with E-state index in [1.165, 1.54) is 5.56 Å².